The topological polar surface area (TPSA) is 23.8 Å². The number of allylic oxidation sites excluding steroid dienone is 2. The van der Waals surface area contributed by atoms with E-state index < -0.39 is 0 Å². The molecule has 0 aromatic carbocycles. The van der Waals surface area contributed by atoms with Crippen LogP contribution in [0.2, 0.25) is 0 Å². The van der Waals surface area contributed by atoms with E-state index in [2.05, 4.69) is 6.07 Å². The van der Waals surface area contributed by atoms with E-state index in [9.17, 15) is 0 Å². The molecule has 0 saturated carbocycles. The minimum atomic E-state index is 0.0185. The van der Waals surface area contributed by atoms with Crippen molar-refractivity contribution in [2.45, 2.75) is 5.25 Å². The van der Waals surface area contributed by atoms with E-state index >= 15 is 0 Å². The van der Waals surface area contributed by atoms with Crippen LogP contribution in [0.25, 0.3) is 0 Å². The third-order valence-corrected chi connectivity index (χ3v) is 2.96. The maximum absolute atomic E-state index is 8.45. The highest BCUT2D eigenvalue weighted by atomic mass is 33.1. The molecule has 1 heterocycles. The molecule has 0 aromatic heterocycles. The van der Waals surface area contributed by atoms with Gasteiger partial charge in [-0.05, 0) is 5.41 Å². The lowest BCUT2D eigenvalue weighted by molar-refractivity contribution is 1.38. The van der Waals surface area contributed by atoms with Crippen LogP contribution >= 0.6 is 21.6 Å². The smallest absolute Gasteiger partial charge is 0.121 e. The molecular formula is C6H5NS2. The minimum absolute atomic E-state index is 0.0185. The first-order valence-corrected chi connectivity index (χ1v) is 4.76. The minimum Gasteiger partial charge on any atom is -0.197 e. The molecule has 1 atom stereocenters. The van der Waals surface area contributed by atoms with Crippen LogP contribution in [0, 0.1) is 11.3 Å². The zero-order valence-electron chi connectivity index (χ0n) is 4.65. The summed E-state index contributed by atoms with van der Waals surface area (Å²) in [6.45, 7) is 0. The van der Waals surface area contributed by atoms with Crippen molar-refractivity contribution in [1.29, 1.82) is 5.26 Å². The molecule has 0 aromatic rings. The molecule has 1 nitrogen and oxygen atoms in total. The molecule has 0 saturated heterocycles. The maximum Gasteiger partial charge on any atom is 0.121 e. The monoisotopic (exact) mass is 155 g/mol. The van der Waals surface area contributed by atoms with Crippen LogP contribution in [-0.2, 0) is 0 Å². The van der Waals surface area contributed by atoms with Crippen molar-refractivity contribution in [3.05, 3.63) is 23.6 Å². The number of hydrogen-bond donors (Lipinski definition) is 0. The Hall–Kier alpha value is -0.330. The second-order valence-electron chi connectivity index (χ2n) is 1.46. The van der Waals surface area contributed by atoms with Crippen LogP contribution < -0.4 is 0 Å². The Balaban J connectivity index is 2.54. The third kappa shape index (κ3) is 2.17. The molecule has 9 heavy (non-hydrogen) atoms. The second kappa shape index (κ2) is 3.65. The van der Waals surface area contributed by atoms with E-state index in [0.29, 0.717) is 0 Å². The largest absolute Gasteiger partial charge is 0.197 e. The van der Waals surface area contributed by atoms with Crippen LogP contribution in [0.5, 0.6) is 0 Å². The van der Waals surface area contributed by atoms with Crippen molar-refractivity contribution in [1.82, 2.24) is 0 Å². The van der Waals surface area contributed by atoms with Gasteiger partial charge in [-0.2, -0.15) is 5.26 Å². The zero-order valence-corrected chi connectivity index (χ0v) is 6.28. The molecule has 0 fully saturated rings. The molecule has 1 aliphatic heterocycles. The summed E-state index contributed by atoms with van der Waals surface area (Å²) in [4.78, 5) is 0. The van der Waals surface area contributed by atoms with E-state index in [1.807, 2.05) is 23.6 Å². The Labute approximate surface area is 62.2 Å². The SMILES string of the molecule is N#CC1C=CC=CSS1. The Morgan fingerprint density at radius 1 is 1.44 bits per heavy atom. The normalized spacial score (nSPS) is 25.0. The zero-order chi connectivity index (χ0) is 6.53. The average Bonchev–Trinajstić information content (AvgIpc) is 2.13. The summed E-state index contributed by atoms with van der Waals surface area (Å²) in [5, 5.41) is 10.4. The van der Waals surface area contributed by atoms with Gasteiger partial charge in [-0.15, -0.1) is 0 Å². The summed E-state index contributed by atoms with van der Waals surface area (Å²) in [7, 11) is 3.17. The number of hydrogen-bond acceptors (Lipinski definition) is 3. The van der Waals surface area contributed by atoms with E-state index in [1.165, 1.54) is 0 Å². The van der Waals surface area contributed by atoms with Gasteiger partial charge < -0.3 is 0 Å². The lowest BCUT2D eigenvalue weighted by Crippen LogP contribution is -1.87. The Morgan fingerprint density at radius 2 is 2.33 bits per heavy atom. The van der Waals surface area contributed by atoms with Crippen molar-refractivity contribution in [3.8, 4) is 6.07 Å². The number of nitrogens with zero attached hydrogens (tertiary/aromatic N) is 1. The van der Waals surface area contributed by atoms with Crippen molar-refractivity contribution < 1.29 is 0 Å². The van der Waals surface area contributed by atoms with E-state index in [4.69, 9.17) is 5.26 Å². The highest BCUT2D eigenvalue weighted by Gasteiger charge is 2.02. The van der Waals surface area contributed by atoms with Gasteiger partial charge in [-0.1, -0.05) is 39.8 Å². The third-order valence-electron chi connectivity index (χ3n) is 0.818. The molecule has 0 aliphatic carbocycles. The Kier molecular flexibility index (Phi) is 2.75. The van der Waals surface area contributed by atoms with Crippen LogP contribution in [-0.4, -0.2) is 5.25 Å². The van der Waals surface area contributed by atoms with Gasteiger partial charge in [0.15, 0.2) is 0 Å². The first-order chi connectivity index (χ1) is 4.43. The molecular weight excluding hydrogens is 150 g/mol. The molecule has 1 unspecified atom stereocenters. The molecule has 1 aliphatic rings. The van der Waals surface area contributed by atoms with Crippen molar-refractivity contribution in [2.24, 2.45) is 0 Å². The van der Waals surface area contributed by atoms with Crippen molar-refractivity contribution >= 4 is 21.6 Å². The molecule has 0 amide bonds. The Bertz CT molecular complexity index is 178. The molecule has 0 N–H and O–H groups in total. The molecule has 1 rings (SSSR count). The van der Waals surface area contributed by atoms with Gasteiger partial charge in [0.05, 0.1) is 6.07 Å². The van der Waals surface area contributed by atoms with Crippen molar-refractivity contribution in [3.63, 3.8) is 0 Å². The molecule has 0 radical (unpaired) electrons. The van der Waals surface area contributed by atoms with Crippen LogP contribution in [0.3, 0.4) is 0 Å². The number of nitriles is 1. The predicted molar refractivity (Wildman–Crippen MR) is 42.9 cm³/mol. The number of rotatable bonds is 0. The fraction of sp³-hybridized carbons (Fsp3) is 0.167. The maximum atomic E-state index is 8.45. The van der Waals surface area contributed by atoms with Gasteiger partial charge >= 0.3 is 0 Å². The summed E-state index contributed by atoms with van der Waals surface area (Å²) in [5.41, 5.74) is 0. The Morgan fingerprint density at radius 3 is 3.11 bits per heavy atom. The quantitative estimate of drug-likeness (QED) is 0.502. The summed E-state index contributed by atoms with van der Waals surface area (Å²) in [5.74, 6) is 0. The highest BCUT2D eigenvalue weighted by molar-refractivity contribution is 8.78. The lowest BCUT2D eigenvalue weighted by Gasteiger charge is -1.93. The standard InChI is InChI=1S/C6H5NS2/c7-5-6-3-1-2-4-8-9-6/h1-4,6H. The average molecular weight is 155 g/mol. The molecule has 0 spiro atoms. The predicted octanol–water partition coefficient (Wildman–Crippen LogP) is 2.34. The molecule has 3 heteroatoms. The lowest BCUT2D eigenvalue weighted by atomic mass is 10.4. The van der Waals surface area contributed by atoms with Gasteiger partial charge in [0.2, 0.25) is 0 Å². The first-order valence-electron chi connectivity index (χ1n) is 2.48. The fourth-order valence-corrected chi connectivity index (χ4v) is 2.03. The fourth-order valence-electron chi connectivity index (χ4n) is 0.431. The van der Waals surface area contributed by atoms with Crippen LogP contribution in [0.1, 0.15) is 0 Å². The molecule has 0 bridgehead atoms. The summed E-state index contributed by atoms with van der Waals surface area (Å²) in [6.07, 6.45) is 5.73. The van der Waals surface area contributed by atoms with Gasteiger partial charge in [-0.25, -0.2) is 0 Å². The van der Waals surface area contributed by atoms with Gasteiger partial charge in [0.25, 0.3) is 0 Å². The van der Waals surface area contributed by atoms with E-state index in [0.717, 1.165) is 0 Å². The summed E-state index contributed by atoms with van der Waals surface area (Å²) < 4.78 is 0. The second-order valence-corrected chi connectivity index (χ2v) is 3.78. The van der Waals surface area contributed by atoms with Gasteiger partial charge in [0, 0.05) is 0 Å². The summed E-state index contributed by atoms with van der Waals surface area (Å²) >= 11 is 0. The summed E-state index contributed by atoms with van der Waals surface area (Å²) in [6, 6.07) is 2.16. The van der Waals surface area contributed by atoms with Crippen LogP contribution in [0.4, 0.5) is 0 Å². The highest BCUT2D eigenvalue weighted by Crippen LogP contribution is 2.29. The van der Waals surface area contributed by atoms with Crippen molar-refractivity contribution in [2.75, 3.05) is 0 Å². The van der Waals surface area contributed by atoms with Gasteiger partial charge in [-0.3, -0.25) is 0 Å². The van der Waals surface area contributed by atoms with Gasteiger partial charge in [0.1, 0.15) is 5.25 Å². The van der Waals surface area contributed by atoms with E-state index in [-0.39, 0.29) is 5.25 Å². The first kappa shape index (κ1) is 6.79. The van der Waals surface area contributed by atoms with E-state index in [1.54, 1.807) is 21.6 Å². The van der Waals surface area contributed by atoms with Crippen LogP contribution in [0.15, 0.2) is 23.6 Å². The molecule has 46 valence electrons.